The van der Waals surface area contributed by atoms with Gasteiger partial charge in [-0.25, -0.2) is 9.65 Å². The number of aliphatic hydroxyl groups is 1. The van der Waals surface area contributed by atoms with Gasteiger partial charge in [0.05, 0.1) is 39.1 Å². The van der Waals surface area contributed by atoms with Crippen molar-refractivity contribution in [3.8, 4) is 0 Å². The first-order valence-corrected chi connectivity index (χ1v) is 21.3. The van der Waals surface area contributed by atoms with Gasteiger partial charge in [-0.2, -0.15) is 0 Å². The number of nitrogens with one attached hydrogen (secondary N) is 5. The highest BCUT2D eigenvalue weighted by Crippen LogP contribution is 2.49. The van der Waals surface area contributed by atoms with E-state index < -0.39 is 51.7 Å². The van der Waals surface area contributed by atoms with E-state index in [-0.39, 0.29) is 45.0 Å². The number of carbonyl (C=O) groups is 4. The number of unbranched alkanes of at least 4 members (excludes halogenated alkanes) is 2. The lowest BCUT2D eigenvalue weighted by Crippen LogP contribution is -2.47. The molecule has 0 radical (unpaired) electrons. The number of hydrogen-bond donors (Lipinski definition) is 7. The summed E-state index contributed by atoms with van der Waals surface area (Å²) in [6.45, 7) is 8.19. The first kappa shape index (κ1) is 47.2. The molecule has 0 aliphatic rings. The lowest BCUT2D eigenvalue weighted by molar-refractivity contribution is -0.141. The molecule has 0 spiro atoms. The smallest absolute Gasteiger partial charge is 0.406 e. The summed E-state index contributed by atoms with van der Waals surface area (Å²) < 4.78 is 48.4. The van der Waals surface area contributed by atoms with Gasteiger partial charge in [-0.3, -0.25) is 32.8 Å². The molecule has 17 nitrogen and oxygen atoms in total. The Bertz CT molecular complexity index is 1370. The molecule has 0 bridgehead atoms. The van der Waals surface area contributed by atoms with Gasteiger partial charge in [-0.05, 0) is 81.9 Å². The van der Waals surface area contributed by atoms with E-state index in [1.54, 1.807) is 36.6 Å². The Kier molecular flexibility index (Phi) is 23.7. The van der Waals surface area contributed by atoms with E-state index in [1.165, 1.54) is 31.4 Å². The van der Waals surface area contributed by atoms with Crippen LogP contribution < -0.4 is 26.1 Å². The number of ether oxygens (including phenoxy) is 1. The summed E-state index contributed by atoms with van der Waals surface area (Å²) in [4.78, 5) is 48.4. The molecule has 4 unspecified atom stereocenters. The molecule has 1 aromatic carbocycles. The van der Waals surface area contributed by atoms with Crippen LogP contribution in [0, 0.1) is 0 Å². The second-order valence-electron chi connectivity index (χ2n) is 11.4. The second-order valence-corrected chi connectivity index (χ2v) is 16.3. The van der Waals surface area contributed by atoms with E-state index >= 15 is 0 Å². The van der Waals surface area contributed by atoms with Gasteiger partial charge in [0, 0.05) is 29.7 Å². The van der Waals surface area contributed by atoms with Crippen molar-refractivity contribution < 1.29 is 56.8 Å². The fraction of sp³-hybridized carbons (Fsp3) is 0.625. The van der Waals surface area contributed by atoms with Crippen LogP contribution in [0.4, 0.5) is 5.69 Å². The molecule has 52 heavy (non-hydrogen) atoms. The molecule has 0 saturated carbocycles. The highest BCUT2D eigenvalue weighted by atomic mass is 32.2. The Morgan fingerprint density at radius 2 is 1.60 bits per heavy atom. The number of rotatable bonds is 29. The number of amides is 3. The van der Waals surface area contributed by atoms with Gasteiger partial charge in [0.2, 0.25) is 11.8 Å². The maximum Gasteiger partial charge on any atom is 0.406 e. The fourth-order valence-electron chi connectivity index (χ4n) is 3.87. The number of carboxylic acid groups (broad SMARTS) is 1. The Morgan fingerprint density at radius 1 is 0.885 bits per heavy atom. The number of carbonyl (C=O) groups excluding carboxylic acids is 3. The standard InChI is InChI=1S/C32H55N5O12P2S/c1-6-24(3)34-29(39)23-49-51(45,36-25(4)30(40)35-26(5)32(42)43)48-17-10-8-9-15-33-31(41)27-11-13-28(14-12-27)37-50(44,21-22-52-7-2)47-20-19-46-18-16-38/h11-14,21-22,24-26,38H,6-10,15-20,23H2,1-5H3,(H,33,41)(H,34,39)(H,35,40)(H,36,45)(H,37,44)(H,42,43)/b22-21-/t24-,25?,26?,50?,51?/m0/s1. The molecule has 1 rings (SSSR count). The molecule has 7 N–H and O–H groups in total. The molecule has 0 aliphatic heterocycles. The number of aliphatic carboxylic acids is 1. The highest BCUT2D eigenvalue weighted by Gasteiger charge is 2.32. The molecule has 0 aromatic heterocycles. The third-order valence-electron chi connectivity index (χ3n) is 6.93. The molecule has 0 saturated heterocycles. The molecule has 296 valence electrons. The Hall–Kier alpha value is -2.79. The van der Waals surface area contributed by atoms with Crippen LogP contribution in [0.2, 0.25) is 0 Å². The number of benzene rings is 1. The Labute approximate surface area is 310 Å². The minimum Gasteiger partial charge on any atom is -0.480 e. The van der Waals surface area contributed by atoms with E-state index in [9.17, 15) is 28.3 Å². The minimum atomic E-state index is -4.19. The van der Waals surface area contributed by atoms with Crippen LogP contribution in [-0.4, -0.2) is 104 Å². The highest BCUT2D eigenvalue weighted by molar-refractivity contribution is 8.02. The van der Waals surface area contributed by atoms with E-state index in [2.05, 4.69) is 26.1 Å². The molecule has 3 amide bonds. The maximum atomic E-state index is 13.5. The number of carboxylic acids is 1. The van der Waals surface area contributed by atoms with Gasteiger partial charge < -0.3 is 40.5 Å². The zero-order chi connectivity index (χ0) is 39.0. The van der Waals surface area contributed by atoms with Crippen molar-refractivity contribution in [2.45, 2.75) is 78.4 Å². The first-order valence-electron chi connectivity index (χ1n) is 17.1. The summed E-state index contributed by atoms with van der Waals surface area (Å²) in [6.07, 6.45) is 2.19. The van der Waals surface area contributed by atoms with Gasteiger partial charge in [0.15, 0.2) is 0 Å². The van der Waals surface area contributed by atoms with Crippen molar-refractivity contribution >= 4 is 56.4 Å². The van der Waals surface area contributed by atoms with Crippen molar-refractivity contribution in [1.82, 2.24) is 21.0 Å². The van der Waals surface area contributed by atoms with Crippen LogP contribution in [-0.2, 0) is 41.8 Å². The molecule has 20 heteroatoms. The summed E-state index contributed by atoms with van der Waals surface area (Å²) in [7, 11) is -7.61. The first-order chi connectivity index (χ1) is 24.7. The molecule has 0 heterocycles. The third kappa shape index (κ3) is 20.5. The van der Waals surface area contributed by atoms with Gasteiger partial charge in [-0.15, -0.1) is 11.8 Å². The molecule has 1 aromatic rings. The van der Waals surface area contributed by atoms with E-state index in [0.29, 0.717) is 43.5 Å². The molecule has 0 fully saturated rings. The van der Waals surface area contributed by atoms with Crippen LogP contribution in [0.25, 0.3) is 0 Å². The van der Waals surface area contributed by atoms with Crippen molar-refractivity contribution in [2.24, 2.45) is 0 Å². The van der Waals surface area contributed by atoms with Crippen LogP contribution in [0.5, 0.6) is 0 Å². The number of anilines is 1. The normalized spacial score (nSPS) is 15.5. The zero-order valence-electron chi connectivity index (χ0n) is 30.5. The van der Waals surface area contributed by atoms with Gasteiger partial charge >= 0.3 is 21.2 Å². The fourth-order valence-corrected chi connectivity index (χ4v) is 7.60. The number of hydrogen-bond acceptors (Lipinski definition) is 12. The van der Waals surface area contributed by atoms with Gasteiger partial charge in [0.25, 0.3) is 5.91 Å². The average molecular weight is 796 g/mol. The topological polar surface area (TPSA) is 240 Å². The molecule has 5 atom stereocenters. The zero-order valence-corrected chi connectivity index (χ0v) is 33.1. The van der Waals surface area contributed by atoms with E-state index in [0.717, 1.165) is 5.75 Å². The van der Waals surface area contributed by atoms with Gasteiger partial charge in [0.1, 0.15) is 12.6 Å². The van der Waals surface area contributed by atoms with Crippen LogP contribution >= 0.6 is 27.0 Å². The minimum absolute atomic E-state index is 0.0484. The van der Waals surface area contributed by atoms with Crippen molar-refractivity contribution in [2.75, 3.05) is 57.0 Å². The predicted molar refractivity (Wildman–Crippen MR) is 200 cm³/mol. The predicted octanol–water partition coefficient (Wildman–Crippen LogP) is 4.06. The van der Waals surface area contributed by atoms with Gasteiger partial charge in [-0.1, -0.05) is 13.8 Å². The van der Waals surface area contributed by atoms with Crippen molar-refractivity contribution in [1.29, 1.82) is 0 Å². The largest absolute Gasteiger partial charge is 0.480 e. The van der Waals surface area contributed by atoms with Crippen molar-refractivity contribution in [3.05, 3.63) is 41.1 Å². The maximum absolute atomic E-state index is 13.5. The summed E-state index contributed by atoms with van der Waals surface area (Å²) in [5.74, 6) is -0.576. The Balaban J connectivity index is 2.64. The Morgan fingerprint density at radius 3 is 2.23 bits per heavy atom. The second kappa shape index (κ2) is 26.1. The molecular weight excluding hydrogens is 740 g/mol. The average Bonchev–Trinajstić information content (AvgIpc) is 3.10. The van der Waals surface area contributed by atoms with Crippen LogP contribution in [0.3, 0.4) is 0 Å². The van der Waals surface area contributed by atoms with E-state index in [4.69, 9.17) is 28.5 Å². The summed E-state index contributed by atoms with van der Waals surface area (Å²) in [5.41, 5.74) is 0.871. The summed E-state index contributed by atoms with van der Waals surface area (Å²) >= 11 is 1.46. The SMILES string of the molecule is CCS/C=C\P(=O)(Nc1ccc(C(=O)NCCCCCOP(=O)(NC(C)C(=O)NC(C)C(=O)O)OCC(=O)N[C@@H](C)CC)cc1)OCCOCCO. The molecular formula is C32H55N5O12P2S. The third-order valence-corrected chi connectivity index (χ3v) is 11.2. The lowest BCUT2D eigenvalue weighted by atomic mass is 10.2. The number of thioether (sulfide) groups is 1. The quantitative estimate of drug-likeness (QED) is 0.0447. The monoisotopic (exact) mass is 795 g/mol. The van der Waals surface area contributed by atoms with Crippen LogP contribution in [0.1, 0.15) is 70.7 Å². The number of aliphatic hydroxyl groups excluding tert-OH is 1. The van der Waals surface area contributed by atoms with E-state index in [1.807, 2.05) is 13.8 Å². The summed E-state index contributed by atoms with van der Waals surface area (Å²) in [6, 6.07) is 3.91. The van der Waals surface area contributed by atoms with Crippen molar-refractivity contribution in [3.63, 3.8) is 0 Å². The van der Waals surface area contributed by atoms with Crippen LogP contribution in [0.15, 0.2) is 35.5 Å². The molecule has 0 aliphatic carbocycles. The lowest BCUT2D eigenvalue weighted by Gasteiger charge is -2.23. The summed E-state index contributed by atoms with van der Waals surface area (Å²) in [5, 5.41) is 32.7.